The Balaban J connectivity index is 2.33. The predicted octanol–water partition coefficient (Wildman–Crippen LogP) is -0.183. The number of para-hydroxylation sites is 1. The van der Waals surface area contributed by atoms with Gasteiger partial charge in [-0.1, -0.05) is 12.1 Å². The first-order chi connectivity index (χ1) is 8.77. The van der Waals surface area contributed by atoms with E-state index in [0.717, 1.165) is 25.3 Å². The number of hydrogen-bond donors (Lipinski definition) is 3. The van der Waals surface area contributed by atoms with Crippen molar-refractivity contribution in [1.82, 2.24) is 10.6 Å². The number of aliphatic hydroxyl groups excluding tert-OH is 1. The van der Waals surface area contributed by atoms with Gasteiger partial charge in [0.1, 0.15) is 0 Å². The molecule has 0 spiro atoms. The van der Waals surface area contributed by atoms with Crippen molar-refractivity contribution in [3.8, 4) is 0 Å². The molecule has 1 aliphatic heterocycles. The fraction of sp³-hybridized carbons (Fsp3) is 0.462. The van der Waals surface area contributed by atoms with E-state index in [0.29, 0.717) is 5.56 Å². The molecule has 0 aliphatic carbocycles. The van der Waals surface area contributed by atoms with E-state index < -0.39 is 0 Å². The zero-order valence-electron chi connectivity index (χ0n) is 10.5. The fourth-order valence-corrected chi connectivity index (χ4v) is 2.29. The van der Waals surface area contributed by atoms with Crippen LogP contribution in [0.15, 0.2) is 24.3 Å². The first-order valence-electron chi connectivity index (χ1n) is 6.17. The topological polar surface area (TPSA) is 64.6 Å². The van der Waals surface area contributed by atoms with Crippen LogP contribution in [0.4, 0.5) is 5.69 Å². The van der Waals surface area contributed by atoms with Crippen LogP contribution in [0.2, 0.25) is 0 Å². The van der Waals surface area contributed by atoms with Crippen LogP contribution < -0.4 is 15.5 Å². The van der Waals surface area contributed by atoms with Gasteiger partial charge in [-0.3, -0.25) is 4.79 Å². The molecule has 2 rings (SSSR count). The molecule has 1 atom stereocenters. The van der Waals surface area contributed by atoms with Crippen LogP contribution >= 0.6 is 0 Å². The molecule has 1 unspecified atom stereocenters. The van der Waals surface area contributed by atoms with Crippen molar-refractivity contribution in [2.75, 3.05) is 38.2 Å². The van der Waals surface area contributed by atoms with Gasteiger partial charge in [-0.15, -0.1) is 0 Å². The Bertz CT molecular complexity index is 422. The van der Waals surface area contributed by atoms with Crippen molar-refractivity contribution in [3.05, 3.63) is 29.8 Å². The molecule has 1 aliphatic rings. The number of amides is 1. The van der Waals surface area contributed by atoms with Gasteiger partial charge in [0.05, 0.1) is 18.2 Å². The molecule has 98 valence electrons. The van der Waals surface area contributed by atoms with Gasteiger partial charge in [-0.05, 0) is 12.1 Å². The number of hydrogen-bond acceptors (Lipinski definition) is 4. The van der Waals surface area contributed by atoms with Crippen molar-refractivity contribution < 1.29 is 9.90 Å². The average Bonchev–Trinajstić information content (AvgIpc) is 2.46. The Hall–Kier alpha value is -1.59. The number of rotatable bonds is 3. The number of benzene rings is 1. The Morgan fingerprint density at radius 2 is 2.33 bits per heavy atom. The first-order valence-corrected chi connectivity index (χ1v) is 6.17. The van der Waals surface area contributed by atoms with Crippen molar-refractivity contribution >= 4 is 11.6 Å². The molecule has 0 aromatic heterocycles. The highest BCUT2D eigenvalue weighted by Crippen LogP contribution is 2.23. The molecule has 1 aromatic rings. The molecule has 5 nitrogen and oxygen atoms in total. The minimum Gasteiger partial charge on any atom is -0.394 e. The van der Waals surface area contributed by atoms with Crippen LogP contribution in [-0.4, -0.2) is 50.3 Å². The van der Waals surface area contributed by atoms with Crippen molar-refractivity contribution in [1.29, 1.82) is 0 Å². The minimum atomic E-state index is -0.0965. The van der Waals surface area contributed by atoms with Crippen LogP contribution in [-0.2, 0) is 0 Å². The number of carbonyl (C=O) groups excluding carboxylic acids is 1. The van der Waals surface area contributed by atoms with Gasteiger partial charge in [-0.25, -0.2) is 0 Å². The van der Waals surface area contributed by atoms with Crippen LogP contribution in [0, 0.1) is 0 Å². The Kier molecular flexibility index (Phi) is 4.17. The Morgan fingerprint density at radius 1 is 1.56 bits per heavy atom. The lowest BCUT2D eigenvalue weighted by Crippen LogP contribution is -2.53. The van der Waals surface area contributed by atoms with Crippen LogP contribution in [0.1, 0.15) is 10.4 Å². The summed E-state index contributed by atoms with van der Waals surface area (Å²) < 4.78 is 0. The quantitative estimate of drug-likeness (QED) is 0.695. The number of nitrogens with zero attached hydrogens (tertiary/aromatic N) is 1. The highest BCUT2D eigenvalue weighted by Gasteiger charge is 2.24. The monoisotopic (exact) mass is 249 g/mol. The number of piperazine rings is 1. The van der Waals surface area contributed by atoms with E-state index in [-0.39, 0.29) is 18.6 Å². The highest BCUT2D eigenvalue weighted by atomic mass is 16.3. The normalized spacial score (nSPS) is 19.7. The zero-order chi connectivity index (χ0) is 13.0. The molecule has 1 aromatic carbocycles. The predicted molar refractivity (Wildman–Crippen MR) is 70.9 cm³/mol. The molecule has 18 heavy (non-hydrogen) atoms. The van der Waals surface area contributed by atoms with Gasteiger partial charge >= 0.3 is 0 Å². The zero-order valence-corrected chi connectivity index (χ0v) is 10.5. The molecule has 1 fully saturated rings. The number of nitrogens with one attached hydrogen (secondary N) is 2. The molecule has 1 amide bonds. The smallest absolute Gasteiger partial charge is 0.253 e. The standard InChI is InChI=1S/C13H19N3O2/c1-14-13(18)11-4-2-3-5-12(11)16-7-6-15-8-10(16)9-17/h2-5,10,15,17H,6-9H2,1H3,(H,14,18). The Labute approximate surface area is 107 Å². The first kappa shape index (κ1) is 12.9. The van der Waals surface area contributed by atoms with Crippen LogP contribution in [0.3, 0.4) is 0 Å². The van der Waals surface area contributed by atoms with E-state index in [2.05, 4.69) is 15.5 Å². The lowest BCUT2D eigenvalue weighted by Gasteiger charge is -2.37. The highest BCUT2D eigenvalue weighted by molar-refractivity contribution is 5.99. The molecule has 0 radical (unpaired) electrons. The molecule has 3 N–H and O–H groups in total. The third kappa shape index (κ3) is 2.47. The van der Waals surface area contributed by atoms with E-state index in [4.69, 9.17) is 0 Å². The fourth-order valence-electron chi connectivity index (χ4n) is 2.29. The molecular weight excluding hydrogens is 230 g/mol. The summed E-state index contributed by atoms with van der Waals surface area (Å²) in [6, 6.07) is 7.52. The maximum atomic E-state index is 11.9. The summed E-state index contributed by atoms with van der Waals surface area (Å²) in [4.78, 5) is 14.0. The van der Waals surface area contributed by atoms with E-state index in [1.165, 1.54) is 0 Å². The maximum Gasteiger partial charge on any atom is 0.253 e. The van der Waals surface area contributed by atoms with E-state index >= 15 is 0 Å². The summed E-state index contributed by atoms with van der Waals surface area (Å²) in [5.41, 5.74) is 1.54. The third-order valence-corrected chi connectivity index (χ3v) is 3.25. The third-order valence-electron chi connectivity index (χ3n) is 3.25. The molecule has 0 bridgehead atoms. The molecule has 5 heteroatoms. The van der Waals surface area contributed by atoms with Crippen molar-refractivity contribution in [2.45, 2.75) is 6.04 Å². The lowest BCUT2D eigenvalue weighted by atomic mass is 10.1. The van der Waals surface area contributed by atoms with E-state index in [1.807, 2.05) is 24.3 Å². The largest absolute Gasteiger partial charge is 0.394 e. The second-order valence-corrected chi connectivity index (χ2v) is 4.33. The summed E-state index contributed by atoms with van der Waals surface area (Å²) in [6.07, 6.45) is 0. The number of carbonyl (C=O) groups is 1. The number of anilines is 1. The number of aliphatic hydroxyl groups is 1. The summed E-state index contributed by atoms with van der Waals surface area (Å²) in [5, 5.41) is 15.3. The molecule has 1 heterocycles. The van der Waals surface area contributed by atoms with Gasteiger partial charge in [0.15, 0.2) is 0 Å². The lowest BCUT2D eigenvalue weighted by molar-refractivity contribution is 0.0963. The van der Waals surface area contributed by atoms with Crippen molar-refractivity contribution in [3.63, 3.8) is 0 Å². The van der Waals surface area contributed by atoms with E-state index in [9.17, 15) is 9.90 Å². The molecular formula is C13H19N3O2. The summed E-state index contributed by atoms with van der Waals surface area (Å²) in [5.74, 6) is -0.0965. The van der Waals surface area contributed by atoms with Gasteiger partial charge in [-0.2, -0.15) is 0 Å². The van der Waals surface area contributed by atoms with Crippen molar-refractivity contribution in [2.24, 2.45) is 0 Å². The van der Waals surface area contributed by atoms with Gasteiger partial charge in [0, 0.05) is 32.4 Å². The Morgan fingerprint density at radius 3 is 3.06 bits per heavy atom. The SMILES string of the molecule is CNC(=O)c1ccccc1N1CCNCC1CO. The van der Waals surface area contributed by atoms with Crippen LogP contribution in [0.5, 0.6) is 0 Å². The van der Waals surface area contributed by atoms with Crippen LogP contribution in [0.25, 0.3) is 0 Å². The molecule has 1 saturated heterocycles. The molecule has 0 saturated carbocycles. The van der Waals surface area contributed by atoms with Gasteiger partial charge < -0.3 is 20.6 Å². The van der Waals surface area contributed by atoms with E-state index in [1.54, 1.807) is 7.05 Å². The maximum absolute atomic E-state index is 11.9. The second kappa shape index (κ2) is 5.84. The average molecular weight is 249 g/mol. The van der Waals surface area contributed by atoms with Gasteiger partial charge in [0.2, 0.25) is 0 Å². The van der Waals surface area contributed by atoms with Gasteiger partial charge in [0.25, 0.3) is 5.91 Å². The summed E-state index contributed by atoms with van der Waals surface area (Å²) in [6.45, 7) is 2.46. The minimum absolute atomic E-state index is 0.0181. The second-order valence-electron chi connectivity index (χ2n) is 4.33. The summed E-state index contributed by atoms with van der Waals surface area (Å²) in [7, 11) is 1.63. The summed E-state index contributed by atoms with van der Waals surface area (Å²) >= 11 is 0.